The molecular weight excluding hydrogens is 335 g/mol. The molecular formula is C17H22F3N3O2. The number of nitrogens with zero attached hydrogens (tertiary/aromatic N) is 2. The molecule has 2 amide bonds. The van der Waals surface area contributed by atoms with Gasteiger partial charge in [0.1, 0.15) is 0 Å². The van der Waals surface area contributed by atoms with Crippen molar-refractivity contribution in [3.05, 3.63) is 29.8 Å². The van der Waals surface area contributed by atoms with Crippen LogP contribution in [0, 0.1) is 0 Å². The minimum atomic E-state index is -4.54. The number of benzene rings is 1. The maximum absolute atomic E-state index is 12.9. The molecule has 1 aromatic rings. The van der Waals surface area contributed by atoms with Gasteiger partial charge in [-0.25, -0.2) is 0 Å². The van der Waals surface area contributed by atoms with E-state index in [-0.39, 0.29) is 24.7 Å². The Kier molecular flexibility index (Phi) is 6.41. The van der Waals surface area contributed by atoms with Crippen molar-refractivity contribution < 1.29 is 22.8 Å². The highest BCUT2D eigenvalue weighted by molar-refractivity contribution is 5.93. The van der Waals surface area contributed by atoms with Crippen molar-refractivity contribution in [2.45, 2.75) is 25.4 Å². The van der Waals surface area contributed by atoms with E-state index in [4.69, 9.17) is 0 Å². The zero-order chi connectivity index (χ0) is 18.4. The Bertz CT molecular complexity index is 613. The number of anilines is 1. The highest BCUT2D eigenvalue weighted by Crippen LogP contribution is 2.34. The van der Waals surface area contributed by atoms with Crippen molar-refractivity contribution in [2.24, 2.45) is 0 Å². The number of hydrogen-bond donors (Lipinski definition) is 1. The SMILES string of the molecule is CN(CC(=O)Nc1ccccc1C(F)(F)F)CC(=O)N1CCCCC1. The number of likely N-dealkylation sites (tertiary alicyclic amines) is 1. The Labute approximate surface area is 144 Å². The summed E-state index contributed by atoms with van der Waals surface area (Å²) in [6.07, 6.45) is -1.48. The molecule has 0 atom stereocenters. The Morgan fingerprint density at radius 3 is 2.40 bits per heavy atom. The predicted octanol–water partition coefficient (Wildman–Crippen LogP) is 2.59. The monoisotopic (exact) mass is 357 g/mol. The first-order chi connectivity index (χ1) is 11.8. The topological polar surface area (TPSA) is 52.7 Å². The first-order valence-electron chi connectivity index (χ1n) is 8.20. The van der Waals surface area contributed by atoms with Crippen LogP contribution in [-0.4, -0.2) is 54.8 Å². The molecule has 1 N–H and O–H groups in total. The van der Waals surface area contributed by atoms with Crippen LogP contribution in [0.4, 0.5) is 18.9 Å². The van der Waals surface area contributed by atoms with Crippen LogP contribution >= 0.6 is 0 Å². The molecule has 1 aliphatic rings. The van der Waals surface area contributed by atoms with E-state index < -0.39 is 17.6 Å². The molecule has 0 bridgehead atoms. The molecule has 0 unspecified atom stereocenters. The van der Waals surface area contributed by atoms with Gasteiger partial charge in [-0.3, -0.25) is 14.5 Å². The summed E-state index contributed by atoms with van der Waals surface area (Å²) in [5.74, 6) is -0.656. The summed E-state index contributed by atoms with van der Waals surface area (Å²) in [6, 6.07) is 4.81. The van der Waals surface area contributed by atoms with Crippen molar-refractivity contribution in [2.75, 3.05) is 38.5 Å². The third-order valence-electron chi connectivity index (χ3n) is 4.03. The molecule has 1 aliphatic heterocycles. The predicted molar refractivity (Wildman–Crippen MR) is 88.0 cm³/mol. The standard InChI is InChI=1S/C17H22F3N3O2/c1-22(12-16(25)23-9-5-2-6-10-23)11-15(24)21-14-8-4-3-7-13(14)17(18,19)20/h3-4,7-8H,2,5-6,9-12H2,1H3,(H,21,24). The number of hydrogen-bond acceptors (Lipinski definition) is 3. The molecule has 25 heavy (non-hydrogen) atoms. The summed E-state index contributed by atoms with van der Waals surface area (Å²) in [5.41, 5.74) is -1.17. The van der Waals surface area contributed by atoms with Gasteiger partial charge >= 0.3 is 6.18 Å². The van der Waals surface area contributed by atoms with Crippen molar-refractivity contribution in [1.82, 2.24) is 9.80 Å². The van der Waals surface area contributed by atoms with Gasteiger partial charge in [0.05, 0.1) is 24.3 Å². The molecule has 2 rings (SSSR count). The molecule has 1 heterocycles. The fourth-order valence-electron chi connectivity index (χ4n) is 2.80. The number of carbonyl (C=O) groups is 2. The summed E-state index contributed by atoms with van der Waals surface area (Å²) in [7, 11) is 1.59. The average molecular weight is 357 g/mol. The molecule has 5 nitrogen and oxygen atoms in total. The lowest BCUT2D eigenvalue weighted by Gasteiger charge is -2.28. The second-order valence-electron chi connectivity index (χ2n) is 6.21. The van der Waals surface area contributed by atoms with E-state index in [1.54, 1.807) is 11.9 Å². The number of halogens is 3. The number of alkyl halides is 3. The van der Waals surface area contributed by atoms with E-state index in [1.165, 1.54) is 23.1 Å². The first-order valence-corrected chi connectivity index (χ1v) is 8.20. The van der Waals surface area contributed by atoms with Crippen LogP contribution < -0.4 is 5.32 Å². The summed E-state index contributed by atoms with van der Waals surface area (Å²) >= 11 is 0. The van der Waals surface area contributed by atoms with Crippen LogP contribution in [0.5, 0.6) is 0 Å². The summed E-state index contributed by atoms with van der Waals surface area (Å²) in [4.78, 5) is 27.4. The quantitative estimate of drug-likeness (QED) is 0.881. The molecule has 0 radical (unpaired) electrons. The number of para-hydroxylation sites is 1. The molecule has 1 fully saturated rings. The lowest BCUT2D eigenvalue weighted by Crippen LogP contribution is -2.43. The second kappa shape index (κ2) is 8.33. The molecule has 1 aromatic carbocycles. The fourth-order valence-corrected chi connectivity index (χ4v) is 2.80. The van der Waals surface area contributed by atoms with Gasteiger partial charge in [0.2, 0.25) is 11.8 Å². The number of piperidine rings is 1. The fraction of sp³-hybridized carbons (Fsp3) is 0.529. The molecule has 8 heteroatoms. The first kappa shape index (κ1) is 19.2. The summed E-state index contributed by atoms with van der Waals surface area (Å²) < 4.78 is 38.8. The van der Waals surface area contributed by atoms with Gasteiger partial charge in [-0.05, 0) is 38.4 Å². The van der Waals surface area contributed by atoms with Crippen LogP contribution in [0.15, 0.2) is 24.3 Å². The number of rotatable bonds is 5. The molecule has 0 aromatic heterocycles. The van der Waals surface area contributed by atoms with Gasteiger partial charge in [-0.2, -0.15) is 13.2 Å². The zero-order valence-electron chi connectivity index (χ0n) is 14.1. The van der Waals surface area contributed by atoms with Crippen molar-refractivity contribution in [3.8, 4) is 0 Å². The van der Waals surface area contributed by atoms with E-state index >= 15 is 0 Å². The Morgan fingerprint density at radius 2 is 1.76 bits per heavy atom. The van der Waals surface area contributed by atoms with E-state index in [0.29, 0.717) is 0 Å². The molecule has 0 spiro atoms. The Morgan fingerprint density at radius 1 is 1.12 bits per heavy atom. The molecule has 138 valence electrons. The van der Waals surface area contributed by atoms with Gasteiger partial charge < -0.3 is 10.2 Å². The van der Waals surface area contributed by atoms with E-state index in [1.807, 2.05) is 0 Å². The van der Waals surface area contributed by atoms with Crippen LogP contribution in [-0.2, 0) is 15.8 Å². The molecule has 0 saturated carbocycles. The summed E-state index contributed by atoms with van der Waals surface area (Å²) in [5, 5.41) is 2.28. The maximum Gasteiger partial charge on any atom is 0.418 e. The van der Waals surface area contributed by atoms with Crippen LogP contribution in [0.2, 0.25) is 0 Å². The average Bonchev–Trinajstić information content (AvgIpc) is 2.54. The van der Waals surface area contributed by atoms with Gasteiger partial charge in [-0.15, -0.1) is 0 Å². The van der Waals surface area contributed by atoms with Crippen LogP contribution in [0.25, 0.3) is 0 Å². The number of likely N-dealkylation sites (N-methyl/N-ethyl adjacent to an activating group) is 1. The number of amides is 2. The largest absolute Gasteiger partial charge is 0.418 e. The normalized spacial score (nSPS) is 15.3. The van der Waals surface area contributed by atoms with E-state index in [2.05, 4.69) is 5.32 Å². The van der Waals surface area contributed by atoms with E-state index in [9.17, 15) is 22.8 Å². The van der Waals surface area contributed by atoms with Gasteiger partial charge in [0.25, 0.3) is 0 Å². The maximum atomic E-state index is 12.9. The zero-order valence-corrected chi connectivity index (χ0v) is 14.1. The van der Waals surface area contributed by atoms with Gasteiger partial charge in [0, 0.05) is 13.1 Å². The Hall–Kier alpha value is -2.09. The van der Waals surface area contributed by atoms with Crippen LogP contribution in [0.1, 0.15) is 24.8 Å². The number of nitrogens with one attached hydrogen (secondary N) is 1. The van der Waals surface area contributed by atoms with Crippen molar-refractivity contribution >= 4 is 17.5 Å². The molecule has 0 aliphatic carbocycles. The second-order valence-corrected chi connectivity index (χ2v) is 6.21. The van der Waals surface area contributed by atoms with E-state index in [0.717, 1.165) is 38.4 Å². The van der Waals surface area contributed by atoms with Crippen molar-refractivity contribution in [1.29, 1.82) is 0 Å². The smallest absolute Gasteiger partial charge is 0.342 e. The van der Waals surface area contributed by atoms with Gasteiger partial charge in [-0.1, -0.05) is 12.1 Å². The summed E-state index contributed by atoms with van der Waals surface area (Å²) in [6.45, 7) is 1.34. The van der Waals surface area contributed by atoms with Crippen LogP contribution in [0.3, 0.4) is 0 Å². The lowest BCUT2D eigenvalue weighted by molar-refractivity contribution is -0.137. The minimum Gasteiger partial charge on any atom is -0.342 e. The third kappa shape index (κ3) is 5.74. The van der Waals surface area contributed by atoms with Crippen molar-refractivity contribution in [3.63, 3.8) is 0 Å². The Balaban J connectivity index is 1.88. The number of carbonyl (C=O) groups excluding carboxylic acids is 2. The highest BCUT2D eigenvalue weighted by atomic mass is 19.4. The molecule has 1 saturated heterocycles. The highest BCUT2D eigenvalue weighted by Gasteiger charge is 2.33. The minimum absolute atomic E-state index is 0.0638. The van der Waals surface area contributed by atoms with Gasteiger partial charge in [0.15, 0.2) is 0 Å². The lowest BCUT2D eigenvalue weighted by atomic mass is 10.1. The third-order valence-corrected chi connectivity index (χ3v) is 4.03.